The summed E-state index contributed by atoms with van der Waals surface area (Å²) in [7, 11) is -3.63. The van der Waals surface area contributed by atoms with Gasteiger partial charge in [0.2, 0.25) is 15.9 Å². The second-order valence-electron chi connectivity index (χ2n) is 5.73. The van der Waals surface area contributed by atoms with Crippen molar-refractivity contribution in [1.29, 1.82) is 0 Å². The lowest BCUT2D eigenvalue weighted by Crippen LogP contribution is -2.37. The summed E-state index contributed by atoms with van der Waals surface area (Å²) in [5.41, 5.74) is 1.43. The van der Waals surface area contributed by atoms with Gasteiger partial charge >= 0.3 is 0 Å². The maximum absolute atomic E-state index is 13.0. The zero-order valence-electron chi connectivity index (χ0n) is 14.2. The minimum absolute atomic E-state index is 0.0947. The monoisotopic (exact) mass is 364 g/mol. The zero-order valence-corrected chi connectivity index (χ0v) is 15.0. The van der Waals surface area contributed by atoms with Crippen LogP contribution in [0.15, 0.2) is 53.4 Å². The molecular formula is C18H21FN2O3S. The van der Waals surface area contributed by atoms with Gasteiger partial charge in [-0.1, -0.05) is 30.3 Å². The number of sulfonamides is 1. The van der Waals surface area contributed by atoms with Gasteiger partial charge in [-0.05, 0) is 36.2 Å². The summed E-state index contributed by atoms with van der Waals surface area (Å²) in [6.45, 7) is 3.75. The standard InChI is InChI=1S/C18H21FN2O3S/c1-14-5-3-4-6-18(14)25(23,24)20-11-12-21(15(2)22)13-16-7-9-17(19)10-8-16/h3-10,20H,11-13H2,1-2H3. The molecule has 25 heavy (non-hydrogen) atoms. The number of carbonyl (C=O) groups is 1. The van der Waals surface area contributed by atoms with E-state index in [0.29, 0.717) is 12.1 Å². The van der Waals surface area contributed by atoms with Crippen molar-refractivity contribution >= 4 is 15.9 Å². The van der Waals surface area contributed by atoms with Crippen LogP contribution in [0.4, 0.5) is 4.39 Å². The largest absolute Gasteiger partial charge is 0.337 e. The Kier molecular flexibility index (Phi) is 6.27. The molecule has 2 aromatic carbocycles. The molecule has 0 radical (unpaired) electrons. The van der Waals surface area contributed by atoms with Gasteiger partial charge in [-0.25, -0.2) is 17.5 Å². The summed E-state index contributed by atoms with van der Waals surface area (Å²) in [6, 6.07) is 12.6. The summed E-state index contributed by atoms with van der Waals surface area (Å²) in [6.07, 6.45) is 0. The Hall–Kier alpha value is -2.25. The fourth-order valence-electron chi connectivity index (χ4n) is 2.41. The van der Waals surface area contributed by atoms with Gasteiger partial charge in [-0.2, -0.15) is 0 Å². The van der Waals surface area contributed by atoms with Gasteiger partial charge in [0.05, 0.1) is 4.90 Å². The lowest BCUT2D eigenvalue weighted by atomic mass is 10.2. The van der Waals surface area contributed by atoms with E-state index in [1.165, 1.54) is 24.0 Å². The molecule has 0 saturated carbocycles. The third-order valence-electron chi connectivity index (χ3n) is 3.79. The van der Waals surface area contributed by atoms with Crippen LogP contribution in [-0.4, -0.2) is 32.3 Å². The van der Waals surface area contributed by atoms with E-state index in [0.717, 1.165) is 5.56 Å². The Morgan fingerprint density at radius 3 is 2.36 bits per heavy atom. The third-order valence-corrected chi connectivity index (χ3v) is 5.41. The van der Waals surface area contributed by atoms with E-state index >= 15 is 0 Å². The second-order valence-corrected chi connectivity index (χ2v) is 7.47. The number of aryl methyl sites for hydroxylation is 1. The van der Waals surface area contributed by atoms with E-state index in [9.17, 15) is 17.6 Å². The smallest absolute Gasteiger partial charge is 0.240 e. The van der Waals surface area contributed by atoms with Crippen LogP contribution in [0.1, 0.15) is 18.1 Å². The van der Waals surface area contributed by atoms with Crippen LogP contribution in [0.25, 0.3) is 0 Å². The van der Waals surface area contributed by atoms with Crippen LogP contribution in [-0.2, 0) is 21.4 Å². The Morgan fingerprint density at radius 1 is 1.12 bits per heavy atom. The van der Waals surface area contributed by atoms with E-state index in [1.807, 2.05) is 0 Å². The molecule has 2 aromatic rings. The molecule has 0 aliphatic carbocycles. The predicted octanol–water partition coefficient (Wildman–Crippen LogP) is 2.46. The van der Waals surface area contributed by atoms with Crippen molar-refractivity contribution in [2.45, 2.75) is 25.3 Å². The first-order valence-electron chi connectivity index (χ1n) is 7.85. The number of amides is 1. The predicted molar refractivity (Wildman–Crippen MR) is 93.9 cm³/mol. The molecule has 134 valence electrons. The molecule has 5 nitrogen and oxygen atoms in total. The molecule has 2 rings (SSSR count). The molecule has 0 fully saturated rings. The van der Waals surface area contributed by atoms with Gasteiger partial charge in [0.15, 0.2) is 0 Å². The van der Waals surface area contributed by atoms with E-state index in [4.69, 9.17) is 0 Å². The molecule has 7 heteroatoms. The number of carbonyl (C=O) groups excluding carboxylic acids is 1. The maximum Gasteiger partial charge on any atom is 0.240 e. The average molecular weight is 364 g/mol. The number of halogens is 1. The lowest BCUT2D eigenvalue weighted by molar-refractivity contribution is -0.129. The molecule has 0 bridgehead atoms. The highest BCUT2D eigenvalue weighted by Gasteiger charge is 2.17. The molecule has 0 aromatic heterocycles. The summed E-state index contributed by atoms with van der Waals surface area (Å²) >= 11 is 0. The Balaban J connectivity index is 1.98. The molecule has 0 saturated heterocycles. The molecule has 0 atom stereocenters. The summed E-state index contributed by atoms with van der Waals surface area (Å²) in [4.78, 5) is 13.5. The van der Waals surface area contributed by atoms with Gasteiger partial charge < -0.3 is 4.90 Å². The topological polar surface area (TPSA) is 66.5 Å². The Morgan fingerprint density at radius 2 is 1.76 bits per heavy atom. The zero-order chi connectivity index (χ0) is 18.4. The molecule has 0 spiro atoms. The van der Waals surface area contributed by atoms with Crippen molar-refractivity contribution in [2.24, 2.45) is 0 Å². The number of nitrogens with zero attached hydrogens (tertiary/aromatic N) is 1. The van der Waals surface area contributed by atoms with Crippen LogP contribution in [0.5, 0.6) is 0 Å². The van der Waals surface area contributed by atoms with Gasteiger partial charge in [0.1, 0.15) is 5.82 Å². The second kappa shape index (κ2) is 8.22. The normalized spacial score (nSPS) is 11.3. The van der Waals surface area contributed by atoms with Crippen LogP contribution in [0, 0.1) is 12.7 Å². The van der Waals surface area contributed by atoms with Crippen molar-refractivity contribution in [3.05, 3.63) is 65.5 Å². The highest BCUT2D eigenvalue weighted by molar-refractivity contribution is 7.89. The van der Waals surface area contributed by atoms with E-state index < -0.39 is 10.0 Å². The van der Waals surface area contributed by atoms with Crippen LogP contribution in [0.2, 0.25) is 0 Å². The fraction of sp³-hybridized carbons (Fsp3) is 0.278. The summed E-state index contributed by atoms with van der Waals surface area (Å²) in [5.74, 6) is -0.525. The summed E-state index contributed by atoms with van der Waals surface area (Å²) in [5, 5.41) is 0. The number of hydrogen-bond donors (Lipinski definition) is 1. The average Bonchev–Trinajstić information content (AvgIpc) is 2.55. The molecule has 0 aliphatic rings. The van der Waals surface area contributed by atoms with Crippen LogP contribution in [0.3, 0.4) is 0 Å². The summed E-state index contributed by atoms with van der Waals surface area (Å²) < 4.78 is 40.2. The number of hydrogen-bond acceptors (Lipinski definition) is 3. The first-order valence-corrected chi connectivity index (χ1v) is 9.33. The van der Waals surface area contributed by atoms with Crippen molar-refractivity contribution in [3.63, 3.8) is 0 Å². The maximum atomic E-state index is 13.0. The molecule has 1 N–H and O–H groups in total. The lowest BCUT2D eigenvalue weighted by Gasteiger charge is -2.21. The first kappa shape index (κ1) is 19.1. The van der Waals surface area contributed by atoms with Crippen molar-refractivity contribution in [2.75, 3.05) is 13.1 Å². The fourth-order valence-corrected chi connectivity index (χ4v) is 3.67. The molecule has 0 unspecified atom stereocenters. The van der Waals surface area contributed by atoms with Crippen molar-refractivity contribution < 1.29 is 17.6 Å². The van der Waals surface area contributed by atoms with Gasteiger partial charge in [0.25, 0.3) is 0 Å². The van der Waals surface area contributed by atoms with E-state index in [1.54, 1.807) is 43.3 Å². The molecular weight excluding hydrogens is 343 g/mol. The number of rotatable bonds is 7. The highest BCUT2D eigenvalue weighted by atomic mass is 32.2. The minimum atomic E-state index is -3.63. The van der Waals surface area contributed by atoms with Crippen molar-refractivity contribution in [3.8, 4) is 0 Å². The number of nitrogens with one attached hydrogen (secondary N) is 1. The highest BCUT2D eigenvalue weighted by Crippen LogP contribution is 2.13. The number of benzene rings is 2. The Bertz CT molecular complexity index is 836. The Labute approximate surface area is 147 Å². The van der Waals surface area contributed by atoms with Crippen LogP contribution >= 0.6 is 0 Å². The quantitative estimate of drug-likeness (QED) is 0.821. The van der Waals surface area contributed by atoms with Gasteiger partial charge in [0, 0.05) is 26.6 Å². The van der Waals surface area contributed by atoms with Crippen LogP contribution < -0.4 is 4.72 Å². The molecule has 0 heterocycles. The van der Waals surface area contributed by atoms with E-state index in [-0.39, 0.29) is 29.7 Å². The van der Waals surface area contributed by atoms with Crippen molar-refractivity contribution in [1.82, 2.24) is 9.62 Å². The SMILES string of the molecule is CC(=O)N(CCNS(=O)(=O)c1ccccc1C)Cc1ccc(F)cc1. The van der Waals surface area contributed by atoms with Gasteiger partial charge in [-0.3, -0.25) is 4.79 Å². The third kappa shape index (κ3) is 5.37. The molecule has 1 amide bonds. The van der Waals surface area contributed by atoms with Gasteiger partial charge in [-0.15, -0.1) is 0 Å². The first-order chi connectivity index (χ1) is 11.8. The minimum Gasteiger partial charge on any atom is -0.337 e. The molecule has 0 aliphatic heterocycles. The van der Waals surface area contributed by atoms with E-state index in [2.05, 4.69) is 4.72 Å².